The Labute approximate surface area is 239 Å². The third kappa shape index (κ3) is 4.85. The van der Waals surface area contributed by atoms with E-state index in [4.69, 9.17) is 0 Å². The Morgan fingerprint density at radius 2 is 1.75 bits per heavy atom. The molecule has 2 aromatic carbocycles. The minimum absolute atomic E-state index is 0.0680. The van der Waals surface area contributed by atoms with E-state index < -0.39 is 5.54 Å². The summed E-state index contributed by atoms with van der Waals surface area (Å²) in [6.45, 7) is 2.56. The Bertz CT molecular complexity index is 1520. The summed E-state index contributed by atoms with van der Waals surface area (Å²) >= 11 is 1.70. The van der Waals surface area contributed by atoms with E-state index in [1.807, 2.05) is 47.0 Å². The van der Waals surface area contributed by atoms with Crippen molar-refractivity contribution in [2.24, 2.45) is 0 Å². The average molecular weight is 558 g/mol. The van der Waals surface area contributed by atoms with Gasteiger partial charge in [-0.1, -0.05) is 81.5 Å². The van der Waals surface area contributed by atoms with Crippen molar-refractivity contribution < 1.29 is 14.0 Å². The van der Waals surface area contributed by atoms with Crippen molar-refractivity contribution in [1.29, 1.82) is 0 Å². The highest BCUT2D eigenvalue weighted by Crippen LogP contribution is 2.42. The lowest BCUT2D eigenvalue weighted by Crippen LogP contribution is -2.64. The third-order valence-electron chi connectivity index (χ3n) is 8.60. The van der Waals surface area contributed by atoms with Crippen molar-refractivity contribution in [1.82, 2.24) is 14.8 Å². The molecule has 1 unspecified atom stereocenters. The van der Waals surface area contributed by atoms with Gasteiger partial charge in [0.25, 0.3) is 11.8 Å². The maximum atomic E-state index is 14.7. The molecular formula is C33H36FN3O2S. The smallest absolute Gasteiger partial charge is 0.272 e. The highest BCUT2D eigenvalue weighted by atomic mass is 32.1. The molecule has 1 aliphatic carbocycles. The van der Waals surface area contributed by atoms with Crippen molar-refractivity contribution in [3.63, 3.8) is 0 Å². The van der Waals surface area contributed by atoms with Gasteiger partial charge < -0.3 is 14.8 Å². The van der Waals surface area contributed by atoms with Crippen LogP contribution in [0.5, 0.6) is 0 Å². The van der Waals surface area contributed by atoms with Crippen molar-refractivity contribution in [3.05, 3.63) is 94.2 Å². The van der Waals surface area contributed by atoms with Gasteiger partial charge in [-0.15, -0.1) is 11.3 Å². The molecule has 2 amide bonds. The molecular weight excluding hydrogens is 521 g/mol. The van der Waals surface area contributed by atoms with Crippen LogP contribution < -0.4 is 5.32 Å². The van der Waals surface area contributed by atoms with Crippen LogP contribution in [0.2, 0.25) is 0 Å². The second-order valence-corrected chi connectivity index (χ2v) is 12.4. The minimum atomic E-state index is -1.29. The molecule has 40 heavy (non-hydrogen) atoms. The lowest BCUT2D eigenvalue weighted by atomic mass is 9.83. The topological polar surface area (TPSA) is 54.3 Å². The molecule has 7 heteroatoms. The van der Waals surface area contributed by atoms with Crippen LogP contribution in [0.3, 0.4) is 0 Å². The van der Waals surface area contributed by atoms with Crippen LogP contribution in [0, 0.1) is 5.82 Å². The molecule has 1 atom stereocenters. The number of thiophene rings is 1. The summed E-state index contributed by atoms with van der Waals surface area (Å²) < 4.78 is 17.4. The zero-order valence-corrected chi connectivity index (χ0v) is 23.8. The number of nitrogens with one attached hydrogen (secondary N) is 1. The van der Waals surface area contributed by atoms with Gasteiger partial charge in [0.05, 0.1) is 16.8 Å². The number of benzene rings is 2. The number of rotatable bonds is 6. The van der Waals surface area contributed by atoms with E-state index in [0.717, 1.165) is 47.9 Å². The quantitative estimate of drug-likeness (QED) is 0.273. The molecule has 2 aliphatic rings. The third-order valence-corrected chi connectivity index (χ3v) is 9.81. The van der Waals surface area contributed by atoms with Gasteiger partial charge in [0.1, 0.15) is 11.5 Å². The fraction of sp³-hybridized carbons (Fsp3) is 0.394. The van der Waals surface area contributed by atoms with Crippen LogP contribution in [0.25, 0.3) is 10.2 Å². The molecule has 1 fully saturated rings. The van der Waals surface area contributed by atoms with Crippen LogP contribution in [0.1, 0.15) is 78.4 Å². The lowest BCUT2D eigenvalue weighted by Gasteiger charge is -2.47. The van der Waals surface area contributed by atoms with E-state index in [-0.39, 0.29) is 30.2 Å². The predicted octanol–water partition coefficient (Wildman–Crippen LogP) is 7.18. The molecule has 2 aromatic heterocycles. The first-order valence-corrected chi connectivity index (χ1v) is 15.4. The summed E-state index contributed by atoms with van der Waals surface area (Å²) in [6, 6.07) is 20.2. The summed E-state index contributed by atoms with van der Waals surface area (Å²) in [6.07, 6.45) is 8.60. The number of carbonyl (C=O) groups is 2. The van der Waals surface area contributed by atoms with Gasteiger partial charge in [-0.05, 0) is 54.7 Å². The van der Waals surface area contributed by atoms with Crippen LogP contribution >= 0.6 is 11.3 Å². The number of nitrogens with zero attached hydrogens (tertiary/aromatic N) is 2. The summed E-state index contributed by atoms with van der Waals surface area (Å²) in [7, 11) is 0. The van der Waals surface area contributed by atoms with Gasteiger partial charge in [-0.3, -0.25) is 9.59 Å². The predicted molar refractivity (Wildman–Crippen MR) is 158 cm³/mol. The number of aromatic nitrogens is 1. The van der Waals surface area contributed by atoms with Crippen molar-refractivity contribution in [3.8, 4) is 0 Å². The normalized spacial score (nSPS) is 20.2. The number of hydrogen-bond donors (Lipinski definition) is 1. The number of hydrogen-bond acceptors (Lipinski definition) is 3. The van der Waals surface area contributed by atoms with Gasteiger partial charge in [0.2, 0.25) is 0 Å². The van der Waals surface area contributed by atoms with Crippen LogP contribution in [-0.4, -0.2) is 27.3 Å². The molecule has 0 radical (unpaired) electrons. The lowest BCUT2D eigenvalue weighted by molar-refractivity contribution is -0.136. The minimum Gasteiger partial charge on any atom is -0.351 e. The molecule has 4 aromatic rings. The summed E-state index contributed by atoms with van der Waals surface area (Å²) in [5.41, 5.74) is 1.70. The van der Waals surface area contributed by atoms with E-state index in [0.29, 0.717) is 17.8 Å². The Hall–Kier alpha value is -3.45. The van der Waals surface area contributed by atoms with Crippen LogP contribution in [0.15, 0.2) is 66.7 Å². The van der Waals surface area contributed by atoms with E-state index in [9.17, 15) is 14.0 Å². The van der Waals surface area contributed by atoms with E-state index >= 15 is 0 Å². The van der Waals surface area contributed by atoms with E-state index in [1.165, 1.54) is 36.3 Å². The molecule has 1 aliphatic heterocycles. The van der Waals surface area contributed by atoms with Crippen molar-refractivity contribution >= 4 is 33.4 Å². The fourth-order valence-electron chi connectivity index (χ4n) is 6.46. The van der Waals surface area contributed by atoms with Crippen LogP contribution in [0.4, 0.5) is 4.39 Å². The van der Waals surface area contributed by atoms with Gasteiger partial charge in [-0.25, -0.2) is 4.39 Å². The molecule has 208 valence electrons. The van der Waals surface area contributed by atoms with Crippen molar-refractivity contribution in [2.45, 2.75) is 83.0 Å². The first-order valence-electron chi connectivity index (χ1n) is 14.5. The molecule has 6 rings (SSSR count). The zero-order valence-electron chi connectivity index (χ0n) is 23.0. The maximum absolute atomic E-state index is 14.7. The fourth-order valence-corrected chi connectivity index (χ4v) is 7.50. The molecule has 0 saturated heterocycles. The highest BCUT2D eigenvalue weighted by Gasteiger charge is 2.53. The number of fused-ring (bicyclic) bond motifs is 3. The van der Waals surface area contributed by atoms with Crippen molar-refractivity contribution in [2.75, 3.05) is 0 Å². The molecule has 5 nitrogen and oxygen atoms in total. The Morgan fingerprint density at radius 3 is 2.48 bits per heavy atom. The molecule has 0 spiro atoms. The first-order chi connectivity index (χ1) is 19.5. The number of halogens is 1. The van der Waals surface area contributed by atoms with E-state index in [1.54, 1.807) is 22.3 Å². The number of amides is 2. The van der Waals surface area contributed by atoms with Gasteiger partial charge in [-0.2, -0.15) is 0 Å². The van der Waals surface area contributed by atoms with Gasteiger partial charge >= 0.3 is 0 Å². The number of carbonyl (C=O) groups excluding carboxylic acids is 2. The standard InChI is InChI=1S/C33H36FN3O2S/c1-2-27-19-28-30(40-27)20-29-31(38)37(21-23-12-11-15-25(34)18-23)33(22-36(28)29,24-13-7-6-8-14-24)32(39)35-26-16-9-4-3-5-10-17-26/h6-8,11-15,18-20,26H,2-5,9-10,16-17,21-22H2,1H3,(H,35,39). The SMILES string of the molecule is CCc1cc2c(cc3n2CC(C(=O)NC2CCCCCCC2)(c2ccccc2)N(Cc2cccc(F)c2)C3=O)s1. The van der Waals surface area contributed by atoms with Gasteiger partial charge in [0, 0.05) is 17.5 Å². The average Bonchev–Trinajstić information content (AvgIpc) is 3.50. The largest absolute Gasteiger partial charge is 0.351 e. The Kier molecular flexibility index (Phi) is 7.49. The van der Waals surface area contributed by atoms with Gasteiger partial charge in [0.15, 0.2) is 5.54 Å². The Morgan fingerprint density at radius 1 is 1.00 bits per heavy atom. The van der Waals surface area contributed by atoms with Crippen LogP contribution in [-0.2, 0) is 29.8 Å². The summed E-state index contributed by atoms with van der Waals surface area (Å²) in [4.78, 5) is 32.1. The maximum Gasteiger partial charge on any atom is 0.272 e. The second-order valence-electron chi connectivity index (χ2n) is 11.2. The first kappa shape index (κ1) is 26.8. The molecule has 3 heterocycles. The molecule has 0 bridgehead atoms. The Balaban J connectivity index is 1.51. The summed E-state index contributed by atoms with van der Waals surface area (Å²) in [5.74, 6) is -0.733. The van der Waals surface area contributed by atoms with E-state index in [2.05, 4.69) is 18.3 Å². The monoisotopic (exact) mass is 557 g/mol. The second kappa shape index (κ2) is 11.2. The highest BCUT2D eigenvalue weighted by molar-refractivity contribution is 7.19. The number of aryl methyl sites for hydroxylation is 1. The molecule has 1 saturated carbocycles. The molecule has 1 N–H and O–H groups in total. The zero-order chi connectivity index (χ0) is 27.7. The summed E-state index contributed by atoms with van der Waals surface area (Å²) in [5, 5.41) is 3.41.